The molecular weight excluding hydrogens is 239 g/mol. The highest BCUT2D eigenvalue weighted by Crippen LogP contribution is 2.19. The van der Waals surface area contributed by atoms with E-state index in [1.165, 1.54) is 0 Å². The molecule has 0 aliphatic carbocycles. The van der Waals surface area contributed by atoms with E-state index in [2.05, 4.69) is 24.1 Å². The van der Waals surface area contributed by atoms with Crippen LogP contribution in [0.1, 0.15) is 36.6 Å². The van der Waals surface area contributed by atoms with Crippen LogP contribution in [-0.2, 0) is 6.42 Å². The fourth-order valence-electron chi connectivity index (χ4n) is 2.15. The summed E-state index contributed by atoms with van der Waals surface area (Å²) < 4.78 is 13.9. The highest BCUT2D eigenvalue weighted by molar-refractivity contribution is 5.31. The predicted molar refractivity (Wildman–Crippen MR) is 75.5 cm³/mol. The molecule has 1 aromatic heterocycles. The molecule has 0 saturated heterocycles. The zero-order valence-electron chi connectivity index (χ0n) is 11.4. The Labute approximate surface area is 113 Å². The van der Waals surface area contributed by atoms with Gasteiger partial charge in [0, 0.05) is 24.9 Å². The second-order valence-electron chi connectivity index (χ2n) is 4.67. The lowest BCUT2D eigenvalue weighted by atomic mass is 10.0. The number of rotatable bonds is 5. The first-order chi connectivity index (χ1) is 9.20. The maximum atomic E-state index is 13.9. The van der Waals surface area contributed by atoms with Crippen molar-refractivity contribution in [1.29, 1.82) is 0 Å². The molecule has 100 valence electrons. The second-order valence-corrected chi connectivity index (χ2v) is 4.67. The molecule has 0 spiro atoms. The zero-order valence-corrected chi connectivity index (χ0v) is 11.4. The maximum Gasteiger partial charge on any atom is 0.126 e. The summed E-state index contributed by atoms with van der Waals surface area (Å²) in [5, 5.41) is 3.34. The molecule has 0 aliphatic heterocycles. The Bertz CT molecular complexity index is 526. The molecule has 19 heavy (non-hydrogen) atoms. The number of pyridine rings is 1. The van der Waals surface area contributed by atoms with Crippen molar-refractivity contribution in [3.05, 3.63) is 65.2 Å². The van der Waals surface area contributed by atoms with Gasteiger partial charge in [-0.3, -0.25) is 4.98 Å². The van der Waals surface area contributed by atoms with E-state index in [9.17, 15) is 4.39 Å². The zero-order chi connectivity index (χ0) is 13.7. The molecule has 3 heteroatoms. The van der Waals surface area contributed by atoms with Gasteiger partial charge in [-0.1, -0.05) is 25.1 Å². The van der Waals surface area contributed by atoms with Gasteiger partial charge in [-0.25, -0.2) is 4.39 Å². The first-order valence-electron chi connectivity index (χ1n) is 6.61. The summed E-state index contributed by atoms with van der Waals surface area (Å²) in [6, 6.07) is 9.41. The quantitative estimate of drug-likeness (QED) is 0.888. The van der Waals surface area contributed by atoms with Crippen LogP contribution in [0.15, 0.2) is 42.7 Å². The van der Waals surface area contributed by atoms with Gasteiger partial charge in [0.1, 0.15) is 5.82 Å². The molecule has 1 unspecified atom stereocenters. The minimum Gasteiger partial charge on any atom is -0.310 e. The molecule has 0 saturated carbocycles. The van der Waals surface area contributed by atoms with Crippen LogP contribution in [0.2, 0.25) is 0 Å². The molecule has 2 aromatic rings. The normalized spacial score (nSPS) is 12.4. The second kappa shape index (κ2) is 6.43. The Morgan fingerprint density at radius 1 is 1.32 bits per heavy atom. The highest BCUT2D eigenvalue weighted by Gasteiger charge is 2.09. The summed E-state index contributed by atoms with van der Waals surface area (Å²) >= 11 is 0. The van der Waals surface area contributed by atoms with Crippen molar-refractivity contribution in [1.82, 2.24) is 10.3 Å². The summed E-state index contributed by atoms with van der Waals surface area (Å²) in [6.07, 6.45) is 4.08. The van der Waals surface area contributed by atoms with Gasteiger partial charge in [0.15, 0.2) is 0 Å². The van der Waals surface area contributed by atoms with E-state index in [4.69, 9.17) is 0 Å². The van der Waals surface area contributed by atoms with E-state index < -0.39 is 0 Å². The molecule has 1 N–H and O–H groups in total. The van der Waals surface area contributed by atoms with E-state index in [0.29, 0.717) is 6.42 Å². The first kappa shape index (κ1) is 13.7. The van der Waals surface area contributed by atoms with Crippen molar-refractivity contribution in [3.8, 4) is 0 Å². The molecule has 2 nitrogen and oxygen atoms in total. The summed E-state index contributed by atoms with van der Waals surface area (Å²) in [6.45, 7) is 5.05. The SMILES string of the molecule is CCNC(C)c1ccc(F)c(Cc2cccnc2)c1. The molecule has 0 bridgehead atoms. The fraction of sp³-hybridized carbons (Fsp3) is 0.312. The number of hydrogen-bond donors (Lipinski definition) is 1. The number of nitrogens with zero attached hydrogens (tertiary/aromatic N) is 1. The average Bonchev–Trinajstić information content (AvgIpc) is 2.42. The number of aromatic nitrogens is 1. The molecule has 1 aromatic carbocycles. The molecule has 0 fully saturated rings. The van der Waals surface area contributed by atoms with Gasteiger partial charge in [0.25, 0.3) is 0 Å². The van der Waals surface area contributed by atoms with Crippen LogP contribution in [0, 0.1) is 5.82 Å². The topological polar surface area (TPSA) is 24.9 Å². The Morgan fingerprint density at radius 2 is 2.16 bits per heavy atom. The van der Waals surface area contributed by atoms with Gasteiger partial charge in [-0.05, 0) is 42.3 Å². The third-order valence-corrected chi connectivity index (χ3v) is 3.20. The van der Waals surface area contributed by atoms with Crippen LogP contribution >= 0.6 is 0 Å². The van der Waals surface area contributed by atoms with Gasteiger partial charge < -0.3 is 5.32 Å². The van der Waals surface area contributed by atoms with Crippen molar-refractivity contribution in [2.24, 2.45) is 0 Å². The number of hydrogen-bond acceptors (Lipinski definition) is 2. The number of nitrogens with one attached hydrogen (secondary N) is 1. The van der Waals surface area contributed by atoms with E-state index in [0.717, 1.165) is 23.2 Å². The van der Waals surface area contributed by atoms with E-state index in [1.807, 2.05) is 24.3 Å². The van der Waals surface area contributed by atoms with Crippen LogP contribution in [0.3, 0.4) is 0 Å². The van der Waals surface area contributed by atoms with Crippen LogP contribution in [0.25, 0.3) is 0 Å². The molecule has 2 rings (SSSR count). The third kappa shape index (κ3) is 3.61. The standard InChI is InChI=1S/C16H19FN2/c1-3-19-12(2)14-6-7-16(17)15(10-14)9-13-5-4-8-18-11-13/h4-8,10-12,19H,3,9H2,1-2H3. The number of halogens is 1. The summed E-state index contributed by atoms with van der Waals surface area (Å²) in [7, 11) is 0. The Hall–Kier alpha value is -1.74. The lowest BCUT2D eigenvalue weighted by Crippen LogP contribution is -2.18. The van der Waals surface area contributed by atoms with Crippen LogP contribution in [0.4, 0.5) is 4.39 Å². The highest BCUT2D eigenvalue weighted by atomic mass is 19.1. The van der Waals surface area contributed by atoms with E-state index in [1.54, 1.807) is 18.5 Å². The lowest BCUT2D eigenvalue weighted by Gasteiger charge is -2.14. The van der Waals surface area contributed by atoms with Crippen molar-refractivity contribution in [2.45, 2.75) is 26.3 Å². The van der Waals surface area contributed by atoms with Crippen LogP contribution in [-0.4, -0.2) is 11.5 Å². The minimum absolute atomic E-state index is 0.156. The molecule has 1 atom stereocenters. The molecule has 0 amide bonds. The monoisotopic (exact) mass is 258 g/mol. The average molecular weight is 258 g/mol. The van der Waals surface area contributed by atoms with Gasteiger partial charge in [0.05, 0.1) is 0 Å². The van der Waals surface area contributed by atoms with E-state index in [-0.39, 0.29) is 11.9 Å². The van der Waals surface area contributed by atoms with Crippen molar-refractivity contribution >= 4 is 0 Å². The van der Waals surface area contributed by atoms with Gasteiger partial charge in [0.2, 0.25) is 0 Å². The summed E-state index contributed by atoms with van der Waals surface area (Å²) in [5.74, 6) is -0.156. The maximum absolute atomic E-state index is 13.9. The Balaban J connectivity index is 2.22. The van der Waals surface area contributed by atoms with Crippen LogP contribution in [0.5, 0.6) is 0 Å². The van der Waals surface area contributed by atoms with Gasteiger partial charge in [-0.15, -0.1) is 0 Å². The largest absolute Gasteiger partial charge is 0.310 e. The van der Waals surface area contributed by atoms with Crippen molar-refractivity contribution in [2.75, 3.05) is 6.54 Å². The molecule has 0 aliphatic rings. The van der Waals surface area contributed by atoms with E-state index >= 15 is 0 Å². The minimum atomic E-state index is -0.156. The molecule has 1 heterocycles. The fourth-order valence-corrected chi connectivity index (χ4v) is 2.15. The van der Waals surface area contributed by atoms with Crippen molar-refractivity contribution in [3.63, 3.8) is 0 Å². The van der Waals surface area contributed by atoms with Crippen molar-refractivity contribution < 1.29 is 4.39 Å². The Morgan fingerprint density at radius 3 is 2.84 bits per heavy atom. The Kier molecular flexibility index (Phi) is 4.63. The molecular formula is C16H19FN2. The molecule has 0 radical (unpaired) electrons. The summed E-state index contributed by atoms with van der Waals surface area (Å²) in [5.41, 5.74) is 2.85. The smallest absolute Gasteiger partial charge is 0.126 e. The summed E-state index contributed by atoms with van der Waals surface area (Å²) in [4.78, 5) is 4.06. The van der Waals surface area contributed by atoms with Gasteiger partial charge in [-0.2, -0.15) is 0 Å². The van der Waals surface area contributed by atoms with Gasteiger partial charge >= 0.3 is 0 Å². The first-order valence-corrected chi connectivity index (χ1v) is 6.61. The predicted octanol–water partition coefficient (Wildman–Crippen LogP) is 3.48. The lowest BCUT2D eigenvalue weighted by molar-refractivity contribution is 0.586. The van der Waals surface area contributed by atoms with Crippen LogP contribution < -0.4 is 5.32 Å². The number of benzene rings is 1. The third-order valence-electron chi connectivity index (χ3n) is 3.20.